The number of carbonyl (C=O) groups is 1. The number of rotatable bonds is 6. The zero-order chi connectivity index (χ0) is 20.1. The van der Waals surface area contributed by atoms with Crippen LogP contribution in [0.25, 0.3) is 0 Å². The molecule has 0 aromatic heterocycles. The third-order valence-corrected chi connectivity index (χ3v) is 6.22. The number of nitriles is 1. The number of hydrogen-bond acceptors (Lipinski definition) is 6. The number of hydroxylamine groups is 1. The number of benzene rings is 1. The van der Waals surface area contributed by atoms with Gasteiger partial charge in [-0.05, 0) is 63.1 Å². The average Bonchev–Trinajstić information content (AvgIpc) is 3.25. The van der Waals surface area contributed by atoms with Gasteiger partial charge in [0.2, 0.25) is 0 Å². The molecule has 1 aliphatic carbocycles. The lowest BCUT2D eigenvalue weighted by Crippen LogP contribution is -2.50. The maximum atomic E-state index is 11.7. The molecular weight excluding hydrogens is 358 g/mol. The molecule has 7 heteroatoms. The summed E-state index contributed by atoms with van der Waals surface area (Å²) in [7, 11) is 1.63. The molecular formula is C21H29N3O4. The van der Waals surface area contributed by atoms with Crippen LogP contribution < -0.4 is 15.0 Å². The molecule has 3 rings (SSSR count). The van der Waals surface area contributed by atoms with Crippen molar-refractivity contribution in [1.29, 1.82) is 5.26 Å². The molecule has 1 unspecified atom stereocenters. The smallest absolute Gasteiger partial charge is 0.260 e. The summed E-state index contributed by atoms with van der Waals surface area (Å²) in [5, 5.41) is 18.9. The van der Waals surface area contributed by atoms with Gasteiger partial charge in [-0.3, -0.25) is 14.9 Å². The van der Waals surface area contributed by atoms with Crippen molar-refractivity contribution >= 4 is 5.91 Å². The Bertz CT molecular complexity index is 732. The van der Waals surface area contributed by atoms with Crippen molar-refractivity contribution in [2.75, 3.05) is 20.2 Å². The summed E-state index contributed by atoms with van der Waals surface area (Å²) < 4.78 is 11.7. The van der Waals surface area contributed by atoms with E-state index in [-0.39, 0.29) is 6.10 Å². The van der Waals surface area contributed by atoms with Crippen LogP contribution in [0.2, 0.25) is 0 Å². The second-order valence-corrected chi connectivity index (χ2v) is 7.77. The first-order valence-electron chi connectivity index (χ1n) is 9.97. The summed E-state index contributed by atoms with van der Waals surface area (Å²) in [5.41, 5.74) is 2.02. The van der Waals surface area contributed by atoms with E-state index in [4.69, 9.17) is 14.7 Å². The molecule has 2 N–H and O–H groups in total. The topological polar surface area (TPSA) is 94.8 Å². The first kappa shape index (κ1) is 20.4. The molecule has 1 atom stereocenters. The number of piperidine rings is 1. The lowest BCUT2D eigenvalue weighted by molar-refractivity contribution is -0.134. The molecule has 0 radical (unpaired) electrons. The third-order valence-electron chi connectivity index (χ3n) is 6.22. The number of likely N-dealkylation sites (tertiary alicyclic amines) is 1. The lowest BCUT2D eigenvalue weighted by atomic mass is 9.73. The SMILES string of the molecule is COc1ccc(C2(C#N)CCN(C(C)C(=O)NO)CC2)cc1OC1CCCC1. The second kappa shape index (κ2) is 8.80. The zero-order valence-electron chi connectivity index (χ0n) is 16.6. The molecule has 1 heterocycles. The maximum absolute atomic E-state index is 11.7. The minimum atomic E-state index is -0.619. The Labute approximate surface area is 166 Å². The van der Waals surface area contributed by atoms with Gasteiger partial charge in [-0.15, -0.1) is 0 Å². The Morgan fingerprint density at radius 2 is 2.00 bits per heavy atom. The highest BCUT2D eigenvalue weighted by Gasteiger charge is 2.39. The fourth-order valence-electron chi connectivity index (χ4n) is 4.27. The second-order valence-electron chi connectivity index (χ2n) is 7.77. The van der Waals surface area contributed by atoms with Crippen molar-refractivity contribution in [2.24, 2.45) is 0 Å². The Balaban J connectivity index is 1.79. The molecule has 0 spiro atoms. The highest BCUT2D eigenvalue weighted by atomic mass is 16.5. The van der Waals surface area contributed by atoms with Crippen molar-refractivity contribution < 1.29 is 19.5 Å². The van der Waals surface area contributed by atoms with Crippen molar-refractivity contribution in [1.82, 2.24) is 10.4 Å². The van der Waals surface area contributed by atoms with Crippen LogP contribution >= 0.6 is 0 Å². The van der Waals surface area contributed by atoms with Gasteiger partial charge in [0.15, 0.2) is 11.5 Å². The fraction of sp³-hybridized carbons (Fsp3) is 0.619. The number of nitrogens with zero attached hydrogens (tertiary/aromatic N) is 2. The molecule has 1 saturated carbocycles. The molecule has 1 aromatic carbocycles. The van der Waals surface area contributed by atoms with Crippen molar-refractivity contribution in [3.63, 3.8) is 0 Å². The molecule has 0 bridgehead atoms. The summed E-state index contributed by atoms with van der Waals surface area (Å²) in [6, 6.07) is 7.88. The van der Waals surface area contributed by atoms with Gasteiger partial charge in [-0.2, -0.15) is 5.26 Å². The van der Waals surface area contributed by atoms with E-state index in [0.717, 1.165) is 18.4 Å². The number of nitrogens with one attached hydrogen (secondary N) is 1. The molecule has 1 saturated heterocycles. The number of amides is 1. The van der Waals surface area contributed by atoms with E-state index in [2.05, 4.69) is 6.07 Å². The molecule has 2 fully saturated rings. The van der Waals surface area contributed by atoms with E-state index in [9.17, 15) is 10.1 Å². The van der Waals surface area contributed by atoms with Crippen LogP contribution in [0.5, 0.6) is 11.5 Å². The Morgan fingerprint density at radius 3 is 2.57 bits per heavy atom. The summed E-state index contributed by atoms with van der Waals surface area (Å²) in [4.78, 5) is 13.7. The van der Waals surface area contributed by atoms with E-state index in [1.807, 2.05) is 23.1 Å². The van der Waals surface area contributed by atoms with E-state index in [0.29, 0.717) is 37.4 Å². The summed E-state index contributed by atoms with van der Waals surface area (Å²) in [6.45, 7) is 2.96. The van der Waals surface area contributed by atoms with Crippen molar-refractivity contribution in [3.8, 4) is 17.6 Å². The summed E-state index contributed by atoms with van der Waals surface area (Å²) >= 11 is 0. The van der Waals surface area contributed by atoms with Gasteiger partial charge in [-0.25, -0.2) is 5.48 Å². The monoisotopic (exact) mass is 387 g/mol. The molecule has 28 heavy (non-hydrogen) atoms. The quantitative estimate of drug-likeness (QED) is 0.576. The van der Waals surface area contributed by atoms with E-state index >= 15 is 0 Å². The molecule has 2 aliphatic rings. The van der Waals surface area contributed by atoms with Crippen LogP contribution in [-0.4, -0.2) is 48.4 Å². The van der Waals surface area contributed by atoms with Crippen LogP contribution in [-0.2, 0) is 10.2 Å². The first-order chi connectivity index (χ1) is 13.5. The highest BCUT2D eigenvalue weighted by molar-refractivity contribution is 5.80. The molecule has 1 amide bonds. The van der Waals surface area contributed by atoms with E-state index < -0.39 is 17.4 Å². The van der Waals surface area contributed by atoms with Gasteiger partial charge >= 0.3 is 0 Å². The highest BCUT2D eigenvalue weighted by Crippen LogP contribution is 2.40. The normalized spacial score (nSPS) is 20.9. The maximum Gasteiger partial charge on any atom is 0.260 e. The predicted octanol–water partition coefficient (Wildman–Crippen LogP) is 2.77. The lowest BCUT2D eigenvalue weighted by Gasteiger charge is -2.39. The van der Waals surface area contributed by atoms with E-state index in [1.54, 1.807) is 19.5 Å². The fourth-order valence-corrected chi connectivity index (χ4v) is 4.27. The van der Waals surface area contributed by atoms with Gasteiger partial charge in [0.05, 0.1) is 30.7 Å². The van der Waals surface area contributed by atoms with Crippen LogP contribution in [0.1, 0.15) is 51.0 Å². The Hall–Kier alpha value is -2.30. The molecule has 1 aliphatic heterocycles. The molecule has 1 aromatic rings. The van der Waals surface area contributed by atoms with Gasteiger partial charge in [0.25, 0.3) is 5.91 Å². The molecule has 152 valence electrons. The van der Waals surface area contributed by atoms with Gasteiger partial charge in [-0.1, -0.05) is 6.07 Å². The average molecular weight is 387 g/mol. The number of carbonyl (C=O) groups excluding carboxylic acids is 1. The summed E-state index contributed by atoms with van der Waals surface area (Å²) in [6.07, 6.45) is 5.91. The van der Waals surface area contributed by atoms with Crippen molar-refractivity contribution in [3.05, 3.63) is 23.8 Å². The largest absolute Gasteiger partial charge is 0.493 e. The number of hydrogen-bond donors (Lipinski definition) is 2. The Morgan fingerprint density at radius 1 is 1.32 bits per heavy atom. The standard InChI is InChI=1S/C21H29N3O4/c1-15(20(25)23-26)24-11-9-21(14-22,10-12-24)16-7-8-18(27-2)19(13-16)28-17-5-3-4-6-17/h7-8,13,15,17,26H,3-6,9-12H2,1-2H3,(H,23,25). The van der Waals surface area contributed by atoms with Gasteiger partial charge in [0, 0.05) is 13.1 Å². The van der Waals surface area contributed by atoms with Crippen LogP contribution in [0.4, 0.5) is 0 Å². The van der Waals surface area contributed by atoms with Gasteiger partial charge in [0.1, 0.15) is 0 Å². The first-order valence-corrected chi connectivity index (χ1v) is 9.97. The van der Waals surface area contributed by atoms with Crippen LogP contribution in [0, 0.1) is 11.3 Å². The van der Waals surface area contributed by atoms with Crippen molar-refractivity contribution in [2.45, 2.75) is 63.0 Å². The Kier molecular flexibility index (Phi) is 6.42. The minimum absolute atomic E-state index is 0.210. The zero-order valence-corrected chi connectivity index (χ0v) is 16.6. The third kappa shape index (κ3) is 4.08. The van der Waals surface area contributed by atoms with Crippen LogP contribution in [0.15, 0.2) is 18.2 Å². The predicted molar refractivity (Wildman–Crippen MR) is 103 cm³/mol. The van der Waals surface area contributed by atoms with Crippen LogP contribution in [0.3, 0.4) is 0 Å². The van der Waals surface area contributed by atoms with E-state index in [1.165, 1.54) is 12.8 Å². The summed E-state index contributed by atoms with van der Waals surface area (Å²) in [5.74, 6) is 0.965. The molecule has 7 nitrogen and oxygen atoms in total. The minimum Gasteiger partial charge on any atom is -0.493 e. The number of ether oxygens (including phenoxy) is 2. The number of methoxy groups -OCH3 is 1. The van der Waals surface area contributed by atoms with Gasteiger partial charge < -0.3 is 9.47 Å².